The number of hydrogen-bond donors (Lipinski definition) is 1. The molecule has 8 heteroatoms. The molecule has 1 aliphatic rings. The van der Waals surface area contributed by atoms with Crippen molar-refractivity contribution in [2.75, 3.05) is 36.5 Å². The first-order chi connectivity index (χ1) is 13.6. The zero-order valence-corrected chi connectivity index (χ0v) is 15.9. The van der Waals surface area contributed by atoms with Crippen LogP contribution in [-0.4, -0.2) is 41.8 Å². The van der Waals surface area contributed by atoms with Crippen LogP contribution in [0, 0.1) is 0 Å². The van der Waals surface area contributed by atoms with Gasteiger partial charge < -0.3 is 15.0 Å². The summed E-state index contributed by atoms with van der Waals surface area (Å²) in [7, 11) is 0. The van der Waals surface area contributed by atoms with E-state index in [-0.39, 0.29) is 18.0 Å². The highest BCUT2D eigenvalue weighted by molar-refractivity contribution is 6.30. The van der Waals surface area contributed by atoms with Crippen molar-refractivity contribution >= 4 is 40.0 Å². The van der Waals surface area contributed by atoms with Crippen molar-refractivity contribution in [2.45, 2.75) is 6.54 Å². The molecule has 0 spiro atoms. The number of aromatic nitrogens is 2. The third-order valence-corrected chi connectivity index (χ3v) is 4.79. The molecule has 3 aromatic rings. The van der Waals surface area contributed by atoms with Crippen molar-refractivity contribution in [1.82, 2.24) is 9.55 Å². The molecule has 0 bridgehead atoms. The fourth-order valence-corrected chi connectivity index (χ4v) is 3.42. The van der Waals surface area contributed by atoms with E-state index in [4.69, 9.17) is 16.3 Å². The zero-order chi connectivity index (χ0) is 19.5. The number of ether oxygens (including phenoxy) is 1. The number of fused-ring (bicyclic) bond motifs is 1. The largest absolute Gasteiger partial charge is 0.378 e. The van der Waals surface area contributed by atoms with Crippen LogP contribution in [0.2, 0.25) is 5.02 Å². The predicted molar refractivity (Wildman–Crippen MR) is 109 cm³/mol. The molecule has 1 amide bonds. The van der Waals surface area contributed by atoms with Gasteiger partial charge in [0.25, 0.3) is 5.56 Å². The van der Waals surface area contributed by atoms with E-state index in [1.54, 1.807) is 30.3 Å². The number of nitrogens with one attached hydrogen (secondary N) is 1. The summed E-state index contributed by atoms with van der Waals surface area (Å²) >= 11 is 5.97. The molecular weight excluding hydrogens is 380 g/mol. The lowest BCUT2D eigenvalue weighted by Crippen LogP contribution is -2.42. The van der Waals surface area contributed by atoms with Crippen LogP contribution in [0.1, 0.15) is 0 Å². The Balaban J connectivity index is 1.69. The van der Waals surface area contributed by atoms with Crippen molar-refractivity contribution in [3.8, 4) is 0 Å². The first kappa shape index (κ1) is 18.5. The van der Waals surface area contributed by atoms with Gasteiger partial charge in [0.2, 0.25) is 5.91 Å². The average Bonchev–Trinajstić information content (AvgIpc) is 2.70. The Labute approximate surface area is 166 Å². The Morgan fingerprint density at radius 3 is 2.71 bits per heavy atom. The lowest BCUT2D eigenvalue weighted by molar-refractivity contribution is -0.116. The average molecular weight is 399 g/mol. The molecule has 2 heterocycles. The highest BCUT2D eigenvalue weighted by Gasteiger charge is 2.20. The van der Waals surface area contributed by atoms with E-state index in [0.29, 0.717) is 53.9 Å². The van der Waals surface area contributed by atoms with Crippen molar-refractivity contribution in [1.29, 1.82) is 0 Å². The standard InChI is InChI=1S/C20H19ClN4O3/c21-14-4-3-5-15(12-14)22-18(26)13-25-17-7-2-1-6-16(17)23-19(20(25)27)24-8-10-28-11-9-24/h1-7,12H,8-11,13H2,(H,22,26). The summed E-state index contributed by atoms with van der Waals surface area (Å²) in [6.07, 6.45) is 0. The van der Waals surface area contributed by atoms with Crippen molar-refractivity contribution in [3.05, 3.63) is 63.9 Å². The van der Waals surface area contributed by atoms with Gasteiger partial charge in [0.05, 0.1) is 24.2 Å². The number of hydrogen-bond acceptors (Lipinski definition) is 5. The Morgan fingerprint density at radius 2 is 1.93 bits per heavy atom. The predicted octanol–water partition coefficient (Wildman–Crippen LogP) is 2.53. The van der Waals surface area contributed by atoms with Crippen LogP contribution in [0.15, 0.2) is 53.3 Å². The highest BCUT2D eigenvalue weighted by Crippen LogP contribution is 2.17. The van der Waals surface area contributed by atoms with Crippen LogP contribution < -0.4 is 15.8 Å². The fraction of sp³-hybridized carbons (Fsp3) is 0.250. The van der Waals surface area contributed by atoms with Crippen LogP contribution >= 0.6 is 11.6 Å². The third kappa shape index (κ3) is 3.85. The fourth-order valence-electron chi connectivity index (χ4n) is 3.23. The second-order valence-corrected chi connectivity index (χ2v) is 6.91. The van der Waals surface area contributed by atoms with Crippen LogP contribution in [0.3, 0.4) is 0 Å². The summed E-state index contributed by atoms with van der Waals surface area (Å²) in [6, 6.07) is 14.2. The molecule has 1 aliphatic heterocycles. The number of morpholine rings is 1. The minimum atomic E-state index is -0.311. The van der Waals surface area contributed by atoms with Gasteiger partial charge in [-0.15, -0.1) is 0 Å². The van der Waals surface area contributed by atoms with Gasteiger partial charge in [-0.25, -0.2) is 4.98 Å². The Bertz CT molecular complexity index is 1080. The topological polar surface area (TPSA) is 76.5 Å². The summed E-state index contributed by atoms with van der Waals surface area (Å²) in [5.74, 6) is 0.0335. The highest BCUT2D eigenvalue weighted by atomic mass is 35.5. The lowest BCUT2D eigenvalue weighted by Gasteiger charge is -2.28. The summed E-state index contributed by atoms with van der Waals surface area (Å²) in [6.45, 7) is 2.16. The van der Waals surface area contributed by atoms with E-state index in [1.165, 1.54) is 4.57 Å². The Morgan fingerprint density at radius 1 is 1.14 bits per heavy atom. The molecule has 1 N–H and O–H groups in total. The monoisotopic (exact) mass is 398 g/mol. The van der Waals surface area contributed by atoms with Gasteiger partial charge >= 0.3 is 0 Å². The van der Waals surface area contributed by atoms with E-state index in [1.807, 2.05) is 23.1 Å². The molecular formula is C20H19ClN4O3. The number of carbonyl (C=O) groups is 1. The van der Waals surface area contributed by atoms with E-state index in [9.17, 15) is 9.59 Å². The van der Waals surface area contributed by atoms with E-state index in [0.717, 1.165) is 0 Å². The summed E-state index contributed by atoms with van der Waals surface area (Å²) in [5, 5.41) is 3.31. The Kier molecular flexibility index (Phi) is 5.27. The molecule has 7 nitrogen and oxygen atoms in total. The number of para-hydroxylation sites is 2. The molecule has 0 aliphatic carbocycles. The summed E-state index contributed by atoms with van der Waals surface area (Å²) in [4.78, 5) is 32.2. The van der Waals surface area contributed by atoms with Gasteiger partial charge in [0.1, 0.15) is 6.54 Å². The molecule has 2 aromatic carbocycles. The molecule has 1 aromatic heterocycles. The number of rotatable bonds is 4. The van der Waals surface area contributed by atoms with E-state index >= 15 is 0 Å². The van der Waals surface area contributed by atoms with Crippen LogP contribution in [-0.2, 0) is 16.1 Å². The second kappa shape index (κ2) is 8.00. The summed E-state index contributed by atoms with van der Waals surface area (Å²) < 4.78 is 6.83. The SMILES string of the molecule is O=C(Cn1c(=O)c(N2CCOCC2)nc2ccccc21)Nc1cccc(Cl)c1. The minimum absolute atomic E-state index is 0.119. The number of carbonyl (C=O) groups excluding carboxylic acids is 1. The molecule has 0 radical (unpaired) electrons. The van der Waals surface area contributed by atoms with Crippen molar-refractivity contribution < 1.29 is 9.53 Å². The van der Waals surface area contributed by atoms with Gasteiger partial charge in [0, 0.05) is 23.8 Å². The van der Waals surface area contributed by atoms with Crippen LogP contribution in [0.4, 0.5) is 11.5 Å². The number of halogens is 1. The molecule has 0 unspecified atom stereocenters. The number of nitrogens with zero attached hydrogens (tertiary/aromatic N) is 3. The molecule has 1 saturated heterocycles. The van der Waals surface area contributed by atoms with E-state index < -0.39 is 0 Å². The van der Waals surface area contributed by atoms with E-state index in [2.05, 4.69) is 10.3 Å². The zero-order valence-electron chi connectivity index (χ0n) is 15.1. The normalized spacial score (nSPS) is 14.2. The first-order valence-corrected chi connectivity index (χ1v) is 9.37. The van der Waals surface area contributed by atoms with Gasteiger partial charge in [-0.1, -0.05) is 29.8 Å². The molecule has 1 fully saturated rings. The van der Waals surface area contributed by atoms with Crippen molar-refractivity contribution in [3.63, 3.8) is 0 Å². The van der Waals surface area contributed by atoms with Gasteiger partial charge in [0.15, 0.2) is 5.82 Å². The molecule has 4 rings (SSSR count). The second-order valence-electron chi connectivity index (χ2n) is 6.47. The smallest absolute Gasteiger partial charge is 0.294 e. The maximum atomic E-state index is 13.1. The quantitative estimate of drug-likeness (QED) is 0.730. The van der Waals surface area contributed by atoms with Crippen LogP contribution in [0.5, 0.6) is 0 Å². The molecule has 0 saturated carbocycles. The number of amides is 1. The molecule has 144 valence electrons. The van der Waals surface area contributed by atoms with Crippen LogP contribution in [0.25, 0.3) is 11.0 Å². The first-order valence-electron chi connectivity index (χ1n) is 8.99. The molecule has 28 heavy (non-hydrogen) atoms. The number of benzene rings is 2. The third-order valence-electron chi connectivity index (χ3n) is 4.56. The summed E-state index contributed by atoms with van der Waals surface area (Å²) in [5.41, 5.74) is 1.57. The lowest BCUT2D eigenvalue weighted by atomic mass is 10.2. The van der Waals surface area contributed by atoms with Crippen molar-refractivity contribution in [2.24, 2.45) is 0 Å². The van der Waals surface area contributed by atoms with Gasteiger partial charge in [-0.05, 0) is 30.3 Å². The maximum absolute atomic E-state index is 13.1. The van der Waals surface area contributed by atoms with Gasteiger partial charge in [-0.2, -0.15) is 0 Å². The minimum Gasteiger partial charge on any atom is -0.378 e. The maximum Gasteiger partial charge on any atom is 0.294 e. The molecule has 0 atom stereocenters. The van der Waals surface area contributed by atoms with Gasteiger partial charge in [-0.3, -0.25) is 14.2 Å². The Hall–Kier alpha value is -2.90. The number of anilines is 2.